The Morgan fingerprint density at radius 2 is 0.931 bits per heavy atom. The van der Waals surface area contributed by atoms with Crippen molar-refractivity contribution in [2.45, 2.75) is 283 Å². The number of cyclic esters (lactones) is 1. The average Bonchev–Trinajstić information content (AvgIpc) is 3.69. The van der Waals surface area contributed by atoms with Gasteiger partial charge in [-0.2, -0.15) is 0 Å². The molecule has 1 fully saturated rings. The maximum Gasteiger partial charge on any atom is 0.334 e. The number of carbonyl (C=O) groups excluding carboxylic acids is 1. The van der Waals surface area contributed by atoms with E-state index in [1.807, 2.05) is 13.0 Å². The molecule has 0 spiro atoms. The van der Waals surface area contributed by atoms with Crippen molar-refractivity contribution in [3.63, 3.8) is 0 Å². The Bertz CT molecular complexity index is 1140. The van der Waals surface area contributed by atoms with Gasteiger partial charge in [-0.25, -0.2) is 4.79 Å². The molecular weight excluding hydrogens is 789 g/mol. The van der Waals surface area contributed by atoms with Gasteiger partial charge < -0.3 is 27.2 Å². The van der Waals surface area contributed by atoms with Crippen LogP contribution in [0.25, 0.3) is 0 Å². The molecular formula is C47H96O7Si4. The smallest absolute Gasteiger partial charge is 0.334 e. The molecule has 7 nitrogen and oxygen atoms in total. The zero-order valence-corrected chi connectivity index (χ0v) is 44.7. The summed E-state index contributed by atoms with van der Waals surface area (Å²) in [6.07, 6.45) is 30.5. The first-order chi connectivity index (χ1) is 27.0. The lowest BCUT2D eigenvalue weighted by Crippen LogP contribution is -2.42. The van der Waals surface area contributed by atoms with E-state index in [9.17, 15) is 4.79 Å². The van der Waals surface area contributed by atoms with Gasteiger partial charge in [0.1, 0.15) is 6.10 Å². The minimum atomic E-state index is -1.79. The fourth-order valence-electron chi connectivity index (χ4n) is 8.73. The van der Waals surface area contributed by atoms with Gasteiger partial charge in [0, 0.05) is 24.2 Å². The van der Waals surface area contributed by atoms with Crippen LogP contribution in [0.3, 0.4) is 0 Å². The van der Waals surface area contributed by atoms with Crippen molar-refractivity contribution in [3.05, 3.63) is 11.6 Å². The predicted molar refractivity (Wildman–Crippen MR) is 257 cm³/mol. The number of hydrogen-bond donors (Lipinski definition) is 0. The van der Waals surface area contributed by atoms with E-state index in [1.54, 1.807) is 0 Å². The molecule has 342 valence electrons. The molecule has 0 radical (unpaired) electrons. The first kappa shape index (κ1) is 54.0. The van der Waals surface area contributed by atoms with Crippen LogP contribution in [0.15, 0.2) is 11.6 Å². The highest BCUT2D eigenvalue weighted by Gasteiger charge is 2.40. The molecule has 0 saturated carbocycles. The predicted octanol–water partition coefficient (Wildman–Crippen LogP) is 14.5. The summed E-state index contributed by atoms with van der Waals surface area (Å²) in [5.41, 5.74) is 0.792. The molecule has 2 heterocycles. The van der Waals surface area contributed by atoms with Gasteiger partial charge in [0.2, 0.25) is 0 Å². The lowest BCUT2D eigenvalue weighted by molar-refractivity contribution is -0.139. The van der Waals surface area contributed by atoms with Gasteiger partial charge in [-0.1, -0.05) is 103 Å². The van der Waals surface area contributed by atoms with Gasteiger partial charge in [-0.15, -0.1) is 0 Å². The van der Waals surface area contributed by atoms with Gasteiger partial charge >= 0.3 is 5.97 Å². The topological polar surface area (TPSA) is 72.5 Å². The number of unbranched alkanes of at least 4 members (excludes halogenated alkanes) is 13. The quantitative estimate of drug-likeness (QED) is 0.0362. The molecule has 0 N–H and O–H groups in total. The van der Waals surface area contributed by atoms with Crippen molar-refractivity contribution in [1.29, 1.82) is 0 Å². The van der Waals surface area contributed by atoms with E-state index < -0.39 is 33.3 Å². The zero-order valence-electron chi connectivity index (χ0n) is 40.7. The minimum Gasteiger partial charge on any atom is -0.455 e. The molecule has 0 bridgehead atoms. The molecule has 58 heavy (non-hydrogen) atoms. The van der Waals surface area contributed by atoms with E-state index in [4.69, 9.17) is 27.2 Å². The van der Waals surface area contributed by atoms with Crippen molar-refractivity contribution in [2.24, 2.45) is 0 Å². The van der Waals surface area contributed by atoms with E-state index in [1.165, 1.54) is 89.9 Å². The van der Waals surface area contributed by atoms with Crippen LogP contribution in [0.5, 0.6) is 0 Å². The van der Waals surface area contributed by atoms with Crippen LogP contribution in [0.4, 0.5) is 0 Å². The summed E-state index contributed by atoms with van der Waals surface area (Å²) in [4.78, 5) is 12.3. The number of ether oxygens (including phenoxy) is 2. The number of hydrogen-bond acceptors (Lipinski definition) is 7. The lowest BCUT2D eigenvalue weighted by atomic mass is 9.98. The van der Waals surface area contributed by atoms with Crippen LogP contribution in [0.2, 0.25) is 78.6 Å². The van der Waals surface area contributed by atoms with E-state index in [0.717, 1.165) is 56.9 Å². The fraction of sp³-hybridized carbons (Fsp3) is 0.936. The SMILES string of the molecule is CCCCCCCCCCCC[C@@H](O[Si](C)(C)C)[C@H]1CC[C@H]([C@@H](CC[C@H](CCCCCCC[C@H](CC2=C[C@H](C)OC2=O)O[Si](C)(C)C)O[Si](C)(C)C)O[Si](C)(C)C)O1. The Hall–Kier alpha value is -0.122. The molecule has 0 unspecified atom stereocenters. The van der Waals surface area contributed by atoms with E-state index in [0.29, 0.717) is 6.42 Å². The van der Waals surface area contributed by atoms with Crippen molar-refractivity contribution < 1.29 is 32.0 Å². The van der Waals surface area contributed by atoms with Crippen LogP contribution >= 0.6 is 0 Å². The van der Waals surface area contributed by atoms with Gasteiger partial charge in [-0.3, -0.25) is 0 Å². The summed E-state index contributed by atoms with van der Waals surface area (Å²) in [6, 6.07) is 0. The molecule has 2 aliphatic rings. The Kier molecular flexibility index (Phi) is 25.3. The summed E-state index contributed by atoms with van der Waals surface area (Å²) in [5.74, 6) is -0.166. The lowest BCUT2D eigenvalue weighted by Gasteiger charge is -2.34. The molecule has 1 saturated heterocycles. The summed E-state index contributed by atoms with van der Waals surface area (Å²) in [7, 11) is -6.94. The normalized spacial score (nSPS) is 21.6. The van der Waals surface area contributed by atoms with Crippen LogP contribution in [0.1, 0.15) is 162 Å². The van der Waals surface area contributed by atoms with Gasteiger partial charge in [0.15, 0.2) is 33.3 Å². The standard InChI is InChI=1S/C47H96O7Si4/c1-15-16-17-18-19-20-21-22-26-29-32-45(53-57(9,10)11)43-35-36-44(50-43)46(54-58(12,13)14)34-33-41(51-55(3,4)5)30-27-24-23-25-28-31-42(52-56(6,7)8)38-40-37-39(2)49-47(40)48/h37,39,41-46H,15-36,38H2,1-14H3/t39-,41-,42+,43+,44+,45+,46+/m0/s1. The van der Waals surface area contributed by atoms with Gasteiger partial charge in [0.05, 0.1) is 24.4 Å². The second kappa shape index (κ2) is 27.1. The van der Waals surface area contributed by atoms with Crippen molar-refractivity contribution >= 4 is 39.2 Å². The molecule has 0 aromatic carbocycles. The van der Waals surface area contributed by atoms with Gasteiger partial charge in [0.25, 0.3) is 0 Å². The molecule has 0 aromatic heterocycles. The highest BCUT2D eigenvalue weighted by Crippen LogP contribution is 2.34. The van der Waals surface area contributed by atoms with Crippen molar-refractivity contribution in [3.8, 4) is 0 Å². The Morgan fingerprint density at radius 1 is 0.534 bits per heavy atom. The van der Waals surface area contributed by atoms with Crippen LogP contribution in [0, 0.1) is 0 Å². The van der Waals surface area contributed by atoms with E-state index in [-0.39, 0.29) is 48.7 Å². The highest BCUT2D eigenvalue weighted by molar-refractivity contribution is 6.70. The monoisotopic (exact) mass is 885 g/mol. The number of carbonyl (C=O) groups is 1. The first-order valence-electron chi connectivity index (χ1n) is 24.3. The second-order valence-electron chi connectivity index (χ2n) is 21.9. The number of esters is 1. The van der Waals surface area contributed by atoms with Crippen LogP contribution in [-0.2, 0) is 32.0 Å². The van der Waals surface area contributed by atoms with Crippen molar-refractivity contribution in [1.82, 2.24) is 0 Å². The molecule has 2 aliphatic heterocycles. The summed E-state index contributed by atoms with van der Waals surface area (Å²) >= 11 is 0. The minimum absolute atomic E-state index is 0.0963. The summed E-state index contributed by atoms with van der Waals surface area (Å²) in [5, 5.41) is 0. The van der Waals surface area contributed by atoms with E-state index in [2.05, 4.69) is 85.5 Å². The van der Waals surface area contributed by atoms with Gasteiger partial charge in [-0.05, 0) is 137 Å². The average molecular weight is 886 g/mol. The molecule has 11 heteroatoms. The van der Waals surface area contributed by atoms with E-state index >= 15 is 0 Å². The Labute approximate surface area is 364 Å². The maximum absolute atomic E-state index is 12.3. The maximum atomic E-state index is 12.3. The summed E-state index contributed by atoms with van der Waals surface area (Å²) < 4.78 is 39.6. The first-order valence-corrected chi connectivity index (χ1v) is 38.0. The molecule has 2 rings (SSSR count). The van der Waals surface area contributed by atoms with Crippen molar-refractivity contribution in [2.75, 3.05) is 0 Å². The molecule has 0 aliphatic carbocycles. The molecule has 7 atom stereocenters. The largest absolute Gasteiger partial charge is 0.455 e. The number of rotatable bonds is 34. The Balaban J connectivity index is 1.90. The van der Waals surface area contributed by atoms with Crippen LogP contribution in [-0.4, -0.2) is 82.0 Å². The third kappa shape index (κ3) is 26.4. The van der Waals surface area contributed by atoms with Crippen LogP contribution < -0.4 is 0 Å². The third-order valence-electron chi connectivity index (χ3n) is 11.1. The summed E-state index contributed by atoms with van der Waals surface area (Å²) in [6.45, 7) is 31.9. The fourth-order valence-corrected chi connectivity index (χ4v) is 13.5. The third-order valence-corrected chi connectivity index (χ3v) is 15.2. The zero-order chi connectivity index (χ0) is 43.4. The molecule has 0 amide bonds. The second-order valence-corrected chi connectivity index (χ2v) is 39.8. The molecule has 0 aromatic rings. The Morgan fingerprint density at radius 3 is 1.36 bits per heavy atom. The highest BCUT2D eigenvalue weighted by atomic mass is 28.4.